The third-order valence-corrected chi connectivity index (χ3v) is 6.84. The fourth-order valence-electron chi connectivity index (χ4n) is 1.30. The summed E-state index contributed by atoms with van der Waals surface area (Å²) in [5.41, 5.74) is 0.0172. The van der Waals surface area contributed by atoms with E-state index >= 15 is 0 Å². The largest absolute Gasteiger partial charge is 2.00 e. The molecule has 0 atom stereocenters. The molecule has 0 spiro atoms. The van der Waals surface area contributed by atoms with Gasteiger partial charge in [0, 0.05) is 6.42 Å². The molecule has 1 aromatic rings. The number of rotatable bonds is 4. The van der Waals surface area contributed by atoms with Gasteiger partial charge in [-0.05, 0) is 17.7 Å². The van der Waals surface area contributed by atoms with E-state index in [1.54, 1.807) is 0 Å². The molecule has 0 saturated heterocycles. The van der Waals surface area contributed by atoms with Gasteiger partial charge in [0.05, 0.1) is 10.0 Å². The summed E-state index contributed by atoms with van der Waals surface area (Å²) in [5.74, 6) is 0. The van der Waals surface area contributed by atoms with E-state index < -0.39 is 26.7 Å². The fourth-order valence-corrected chi connectivity index (χ4v) is 3.75. The van der Waals surface area contributed by atoms with Crippen molar-refractivity contribution >= 4 is 61.4 Å². The summed E-state index contributed by atoms with van der Waals surface area (Å²) < 4.78 is 22.3. The van der Waals surface area contributed by atoms with Crippen molar-refractivity contribution < 1.29 is 33.8 Å². The molecule has 0 radical (unpaired) electrons. The summed E-state index contributed by atoms with van der Waals surface area (Å²) in [7, 11) is -11.0. The van der Waals surface area contributed by atoms with Crippen molar-refractivity contribution in [1.82, 2.24) is 0 Å². The third-order valence-electron chi connectivity index (χ3n) is 2.36. The molecule has 5 N–H and O–H groups in total. The van der Waals surface area contributed by atoms with Gasteiger partial charge in [-0.25, -0.2) is 0 Å². The fraction of sp³-hybridized carbons (Fsp3) is 0.250. The Balaban J connectivity index is 0.00000361. The van der Waals surface area contributed by atoms with Gasteiger partial charge in [0.1, 0.15) is 0 Å². The van der Waals surface area contributed by atoms with Crippen molar-refractivity contribution in [2.75, 3.05) is 0 Å². The average Bonchev–Trinajstić information content (AvgIpc) is 2.20. The topological polar surface area (TPSA) is 135 Å². The third kappa shape index (κ3) is 4.41. The van der Waals surface area contributed by atoms with Crippen LogP contribution in [-0.2, 0) is 15.6 Å². The zero-order valence-corrected chi connectivity index (χ0v) is 14.6. The first-order chi connectivity index (χ1) is 8.38. The van der Waals surface area contributed by atoms with E-state index in [9.17, 15) is 14.2 Å². The maximum absolute atomic E-state index is 11.1. The van der Waals surface area contributed by atoms with Crippen molar-refractivity contribution in [2.45, 2.75) is 11.5 Å². The number of halogens is 2. The summed E-state index contributed by atoms with van der Waals surface area (Å²) in [4.78, 5) is 35.9. The van der Waals surface area contributed by atoms with E-state index in [2.05, 4.69) is 0 Å². The van der Waals surface area contributed by atoms with Gasteiger partial charge in [0.2, 0.25) is 0 Å². The second kappa shape index (κ2) is 6.94. The predicted octanol–water partition coefficient (Wildman–Crippen LogP) is 1.16. The quantitative estimate of drug-likeness (QED) is 0.394. The van der Waals surface area contributed by atoms with Crippen molar-refractivity contribution in [3.63, 3.8) is 0 Å². The van der Waals surface area contributed by atoms with Crippen molar-refractivity contribution in [1.29, 1.82) is 0 Å². The van der Waals surface area contributed by atoms with E-state index in [-0.39, 0.29) is 38.7 Å². The molecular formula is C8H10Cl2MgO7P2+2. The molecule has 0 fully saturated rings. The van der Waals surface area contributed by atoms with Crippen LogP contribution < -0.4 is 0 Å². The Kier molecular flexibility index (Phi) is 7.22. The second-order valence-corrected chi connectivity index (χ2v) is 8.61. The minimum atomic E-state index is -5.49. The maximum Gasteiger partial charge on any atom is 2.00 e. The van der Waals surface area contributed by atoms with E-state index in [4.69, 9.17) is 42.8 Å². The van der Waals surface area contributed by atoms with Crippen molar-refractivity contribution in [3.05, 3.63) is 33.8 Å². The van der Waals surface area contributed by atoms with Gasteiger partial charge in [0.25, 0.3) is 5.08 Å². The van der Waals surface area contributed by atoms with Crippen LogP contribution in [0.4, 0.5) is 0 Å². The van der Waals surface area contributed by atoms with Gasteiger partial charge >= 0.3 is 38.2 Å². The molecule has 0 unspecified atom stereocenters. The Bertz CT molecular complexity index is 562. The monoisotopic (exact) mass is 374 g/mol. The summed E-state index contributed by atoms with van der Waals surface area (Å²) in [6.07, 6.45) is -0.974. The molecule has 7 nitrogen and oxygen atoms in total. The molecule has 108 valence electrons. The Hall–Kier alpha value is 0.826. The molecule has 0 bridgehead atoms. The molecule has 20 heavy (non-hydrogen) atoms. The Morgan fingerprint density at radius 2 is 1.45 bits per heavy atom. The standard InChI is InChI=1S/C8H10Cl2O7P2.Mg/c9-6-2-1-5(3-7(6)10)4-8(11,18(12,13)14)19(15,16)17;/h1-3,11H,4H2,(H2,12,13,14)(H2,15,16,17);/q;+2. The summed E-state index contributed by atoms with van der Waals surface area (Å²) in [6, 6.07) is 3.67. The molecule has 0 aliphatic carbocycles. The van der Waals surface area contributed by atoms with Gasteiger partial charge in [-0.1, -0.05) is 29.3 Å². The van der Waals surface area contributed by atoms with Crippen molar-refractivity contribution in [3.8, 4) is 0 Å². The summed E-state index contributed by atoms with van der Waals surface area (Å²) in [6.45, 7) is 0. The molecule has 0 aliphatic rings. The van der Waals surface area contributed by atoms with Crippen LogP contribution in [0.3, 0.4) is 0 Å². The van der Waals surface area contributed by atoms with E-state index in [0.717, 1.165) is 6.07 Å². The van der Waals surface area contributed by atoms with Crippen LogP contribution in [0.1, 0.15) is 5.56 Å². The van der Waals surface area contributed by atoms with E-state index in [0.29, 0.717) is 0 Å². The SMILES string of the molecule is O=P(O)(O)C(O)(Cc1ccc(Cl)c(Cl)c1)P(=O)(O)O.[Mg+2]. The van der Waals surface area contributed by atoms with Crippen LogP contribution in [0.2, 0.25) is 10.0 Å². The first-order valence-electron chi connectivity index (χ1n) is 4.66. The Morgan fingerprint density at radius 1 is 1.00 bits per heavy atom. The maximum atomic E-state index is 11.1. The first kappa shape index (κ1) is 20.8. The van der Waals surface area contributed by atoms with Crippen LogP contribution >= 0.6 is 38.4 Å². The normalized spacial score (nSPS) is 12.9. The Morgan fingerprint density at radius 3 is 1.80 bits per heavy atom. The van der Waals surface area contributed by atoms with Crippen LogP contribution in [0, 0.1) is 0 Å². The van der Waals surface area contributed by atoms with Crippen LogP contribution in [-0.4, -0.2) is 52.8 Å². The van der Waals surface area contributed by atoms with Crippen molar-refractivity contribution in [2.24, 2.45) is 0 Å². The Labute approximate surface area is 140 Å². The molecule has 1 rings (SSSR count). The van der Waals surface area contributed by atoms with E-state index in [1.165, 1.54) is 12.1 Å². The number of hydrogen-bond acceptors (Lipinski definition) is 3. The molecular weight excluding hydrogens is 365 g/mol. The minimum Gasteiger partial charge on any atom is -0.367 e. The predicted molar refractivity (Wildman–Crippen MR) is 75.0 cm³/mol. The van der Waals surface area contributed by atoms with Gasteiger partial charge in [-0.15, -0.1) is 0 Å². The zero-order chi connectivity index (χ0) is 15.1. The van der Waals surface area contributed by atoms with Gasteiger partial charge in [-0.2, -0.15) is 0 Å². The second-order valence-electron chi connectivity index (χ2n) is 3.79. The summed E-state index contributed by atoms with van der Waals surface area (Å²) in [5, 5.41) is 6.37. The number of hydrogen-bond donors (Lipinski definition) is 5. The van der Waals surface area contributed by atoms with Crippen LogP contribution in [0.5, 0.6) is 0 Å². The average molecular weight is 375 g/mol. The molecule has 1 aromatic carbocycles. The molecule has 0 saturated carbocycles. The molecule has 0 amide bonds. The van der Waals surface area contributed by atoms with Crippen LogP contribution in [0.15, 0.2) is 18.2 Å². The number of benzene rings is 1. The summed E-state index contributed by atoms with van der Waals surface area (Å²) >= 11 is 11.3. The van der Waals surface area contributed by atoms with Gasteiger partial charge in [0.15, 0.2) is 0 Å². The first-order valence-corrected chi connectivity index (χ1v) is 8.64. The molecule has 0 heterocycles. The van der Waals surface area contributed by atoms with E-state index in [1.807, 2.05) is 0 Å². The van der Waals surface area contributed by atoms with Gasteiger partial charge in [-0.3, -0.25) is 9.13 Å². The zero-order valence-electron chi connectivity index (χ0n) is 9.85. The molecule has 0 aromatic heterocycles. The molecule has 0 aliphatic heterocycles. The van der Waals surface area contributed by atoms with Crippen LogP contribution in [0.25, 0.3) is 0 Å². The molecule has 12 heteroatoms. The smallest absolute Gasteiger partial charge is 0.367 e. The number of aliphatic hydroxyl groups is 1. The minimum absolute atomic E-state index is 0. The van der Waals surface area contributed by atoms with Gasteiger partial charge < -0.3 is 24.7 Å².